The van der Waals surface area contributed by atoms with Gasteiger partial charge in [0.05, 0.1) is 14.2 Å². The predicted molar refractivity (Wildman–Crippen MR) is 78.9 cm³/mol. The van der Waals surface area contributed by atoms with Crippen LogP contribution in [0.5, 0.6) is 28.7 Å². The highest BCUT2D eigenvalue weighted by atomic mass is 16.5. The summed E-state index contributed by atoms with van der Waals surface area (Å²) >= 11 is 0. The number of ether oxygens (including phenoxy) is 2. The van der Waals surface area contributed by atoms with Gasteiger partial charge in [0.1, 0.15) is 11.5 Å². The average molecular weight is 305 g/mol. The summed E-state index contributed by atoms with van der Waals surface area (Å²) < 4.78 is 10.2. The molecule has 0 aromatic heterocycles. The Morgan fingerprint density at radius 3 is 1.86 bits per heavy atom. The van der Waals surface area contributed by atoms with Crippen LogP contribution in [0.1, 0.15) is 10.4 Å². The number of anilines is 1. The summed E-state index contributed by atoms with van der Waals surface area (Å²) in [5.74, 6) is -1.46. The van der Waals surface area contributed by atoms with E-state index in [1.807, 2.05) is 0 Å². The molecule has 0 spiro atoms. The van der Waals surface area contributed by atoms with Crippen molar-refractivity contribution in [1.29, 1.82) is 0 Å². The highest BCUT2D eigenvalue weighted by Gasteiger charge is 2.14. The van der Waals surface area contributed by atoms with Crippen molar-refractivity contribution in [2.24, 2.45) is 0 Å². The maximum absolute atomic E-state index is 12.1. The summed E-state index contributed by atoms with van der Waals surface area (Å²) in [7, 11) is 2.97. The highest BCUT2D eigenvalue weighted by Crippen LogP contribution is 2.35. The number of hydrogen-bond donors (Lipinski definition) is 4. The average Bonchev–Trinajstić information content (AvgIpc) is 2.51. The molecule has 2 aromatic carbocycles. The standard InChI is InChI=1S/C15H15NO6/c1-21-10-5-9(6-11(7-10)22-2)16-15(20)8-3-12(17)14(19)13(18)4-8/h3-7,17-19H,1-2H3,(H,16,20). The maximum atomic E-state index is 12.1. The molecular weight excluding hydrogens is 290 g/mol. The Morgan fingerprint density at radius 2 is 1.41 bits per heavy atom. The van der Waals surface area contributed by atoms with Gasteiger partial charge in [-0.1, -0.05) is 0 Å². The number of hydrogen-bond acceptors (Lipinski definition) is 6. The second kappa shape index (κ2) is 6.13. The summed E-state index contributed by atoms with van der Waals surface area (Å²) in [6.07, 6.45) is 0. The third-order valence-electron chi connectivity index (χ3n) is 2.94. The molecule has 4 N–H and O–H groups in total. The molecule has 7 heteroatoms. The molecule has 0 atom stereocenters. The van der Waals surface area contributed by atoms with Crippen LogP contribution in [0, 0.1) is 0 Å². The van der Waals surface area contributed by atoms with Crippen LogP contribution in [0.2, 0.25) is 0 Å². The first-order valence-electron chi connectivity index (χ1n) is 6.24. The Balaban J connectivity index is 2.29. The van der Waals surface area contributed by atoms with Gasteiger partial charge in [-0.2, -0.15) is 0 Å². The summed E-state index contributed by atoms with van der Waals surface area (Å²) in [5, 5.41) is 30.7. The van der Waals surface area contributed by atoms with E-state index in [-0.39, 0.29) is 5.56 Å². The van der Waals surface area contributed by atoms with Gasteiger partial charge in [-0.15, -0.1) is 0 Å². The summed E-state index contributed by atoms with van der Waals surface area (Å²) in [6.45, 7) is 0. The number of rotatable bonds is 4. The number of amides is 1. The molecule has 0 aliphatic carbocycles. The smallest absolute Gasteiger partial charge is 0.255 e. The van der Waals surface area contributed by atoms with E-state index in [1.165, 1.54) is 14.2 Å². The number of nitrogens with one attached hydrogen (secondary N) is 1. The van der Waals surface area contributed by atoms with E-state index >= 15 is 0 Å². The van der Waals surface area contributed by atoms with Gasteiger partial charge in [0.25, 0.3) is 5.91 Å². The minimum Gasteiger partial charge on any atom is -0.504 e. The van der Waals surface area contributed by atoms with Crippen molar-refractivity contribution in [2.75, 3.05) is 19.5 Å². The van der Waals surface area contributed by atoms with Gasteiger partial charge in [0, 0.05) is 29.4 Å². The zero-order valence-electron chi connectivity index (χ0n) is 12.0. The zero-order valence-corrected chi connectivity index (χ0v) is 12.0. The third kappa shape index (κ3) is 3.14. The van der Waals surface area contributed by atoms with E-state index in [1.54, 1.807) is 18.2 Å². The quantitative estimate of drug-likeness (QED) is 0.644. The van der Waals surface area contributed by atoms with Gasteiger partial charge >= 0.3 is 0 Å². The lowest BCUT2D eigenvalue weighted by atomic mass is 10.1. The number of phenolic OH excluding ortho intramolecular Hbond substituents is 3. The molecule has 7 nitrogen and oxygen atoms in total. The van der Waals surface area contributed by atoms with Crippen LogP contribution in [-0.2, 0) is 0 Å². The first-order chi connectivity index (χ1) is 10.4. The minimum atomic E-state index is -0.681. The monoisotopic (exact) mass is 305 g/mol. The van der Waals surface area contributed by atoms with Crippen LogP contribution in [0.25, 0.3) is 0 Å². The van der Waals surface area contributed by atoms with Crippen LogP contribution in [-0.4, -0.2) is 35.4 Å². The van der Waals surface area contributed by atoms with Crippen LogP contribution < -0.4 is 14.8 Å². The molecular formula is C15H15NO6. The van der Waals surface area contributed by atoms with Gasteiger partial charge in [-0.3, -0.25) is 4.79 Å². The van der Waals surface area contributed by atoms with E-state index in [4.69, 9.17) is 9.47 Å². The number of methoxy groups -OCH3 is 2. The van der Waals surface area contributed by atoms with Gasteiger partial charge in [0.2, 0.25) is 0 Å². The largest absolute Gasteiger partial charge is 0.504 e. The van der Waals surface area contributed by atoms with Crippen molar-refractivity contribution < 1.29 is 29.6 Å². The summed E-state index contributed by atoms with van der Waals surface area (Å²) in [5.41, 5.74) is 0.392. The second-order valence-electron chi connectivity index (χ2n) is 4.42. The normalized spacial score (nSPS) is 10.1. The summed E-state index contributed by atoms with van der Waals surface area (Å²) in [4.78, 5) is 12.1. The fraction of sp³-hybridized carbons (Fsp3) is 0.133. The number of aromatic hydroxyl groups is 3. The van der Waals surface area contributed by atoms with E-state index in [0.29, 0.717) is 17.2 Å². The van der Waals surface area contributed by atoms with Gasteiger partial charge < -0.3 is 30.1 Å². The number of carbonyl (C=O) groups excluding carboxylic acids is 1. The molecule has 0 bridgehead atoms. The van der Waals surface area contributed by atoms with Crippen molar-refractivity contribution in [1.82, 2.24) is 0 Å². The number of benzene rings is 2. The fourth-order valence-corrected chi connectivity index (χ4v) is 1.82. The minimum absolute atomic E-state index is 0.0189. The molecule has 22 heavy (non-hydrogen) atoms. The number of phenols is 3. The Labute approximate surface area is 126 Å². The molecule has 0 radical (unpaired) electrons. The topological polar surface area (TPSA) is 108 Å². The lowest BCUT2D eigenvalue weighted by molar-refractivity contribution is 0.102. The molecule has 0 aliphatic heterocycles. The van der Waals surface area contributed by atoms with E-state index < -0.39 is 23.2 Å². The van der Waals surface area contributed by atoms with Crippen molar-refractivity contribution >= 4 is 11.6 Å². The van der Waals surface area contributed by atoms with Crippen molar-refractivity contribution in [3.8, 4) is 28.7 Å². The molecule has 0 aliphatic rings. The summed E-state index contributed by atoms with van der Waals surface area (Å²) in [6, 6.07) is 6.90. The third-order valence-corrected chi connectivity index (χ3v) is 2.94. The Morgan fingerprint density at radius 1 is 0.909 bits per heavy atom. The fourth-order valence-electron chi connectivity index (χ4n) is 1.82. The second-order valence-corrected chi connectivity index (χ2v) is 4.42. The SMILES string of the molecule is COc1cc(NC(=O)c2cc(O)c(O)c(O)c2)cc(OC)c1. The van der Waals surface area contributed by atoms with Crippen LogP contribution in [0.4, 0.5) is 5.69 Å². The molecule has 2 rings (SSSR count). The highest BCUT2D eigenvalue weighted by molar-refractivity contribution is 6.05. The Kier molecular flexibility index (Phi) is 4.26. The van der Waals surface area contributed by atoms with Crippen LogP contribution >= 0.6 is 0 Å². The molecule has 0 saturated heterocycles. The maximum Gasteiger partial charge on any atom is 0.255 e. The van der Waals surface area contributed by atoms with Crippen molar-refractivity contribution in [3.05, 3.63) is 35.9 Å². The van der Waals surface area contributed by atoms with Crippen LogP contribution in [0.15, 0.2) is 30.3 Å². The molecule has 116 valence electrons. The molecule has 2 aromatic rings. The van der Waals surface area contributed by atoms with E-state index in [0.717, 1.165) is 12.1 Å². The van der Waals surface area contributed by atoms with Crippen molar-refractivity contribution in [3.63, 3.8) is 0 Å². The molecule has 0 saturated carbocycles. The van der Waals surface area contributed by atoms with Gasteiger partial charge in [0.15, 0.2) is 17.2 Å². The molecule has 1 amide bonds. The first kappa shape index (κ1) is 15.3. The number of carbonyl (C=O) groups is 1. The van der Waals surface area contributed by atoms with E-state index in [2.05, 4.69) is 5.32 Å². The molecule has 0 heterocycles. The lowest BCUT2D eigenvalue weighted by Crippen LogP contribution is -2.12. The zero-order chi connectivity index (χ0) is 16.3. The van der Waals surface area contributed by atoms with Crippen molar-refractivity contribution in [2.45, 2.75) is 0 Å². The van der Waals surface area contributed by atoms with Gasteiger partial charge in [-0.05, 0) is 12.1 Å². The Bertz CT molecular complexity index is 668. The van der Waals surface area contributed by atoms with Gasteiger partial charge in [-0.25, -0.2) is 0 Å². The molecule has 0 unspecified atom stereocenters. The van der Waals surface area contributed by atoms with Crippen LogP contribution in [0.3, 0.4) is 0 Å². The lowest BCUT2D eigenvalue weighted by Gasteiger charge is -2.10. The first-order valence-corrected chi connectivity index (χ1v) is 6.24. The van der Waals surface area contributed by atoms with E-state index in [9.17, 15) is 20.1 Å². The predicted octanol–water partition coefficient (Wildman–Crippen LogP) is 2.07. The Hall–Kier alpha value is -3.09. The molecule has 0 fully saturated rings.